The van der Waals surface area contributed by atoms with Crippen molar-refractivity contribution < 1.29 is 4.42 Å². The van der Waals surface area contributed by atoms with E-state index in [9.17, 15) is 0 Å². The Kier molecular flexibility index (Phi) is 5.35. The van der Waals surface area contributed by atoms with Crippen molar-refractivity contribution in [3.8, 4) is 22.8 Å². The van der Waals surface area contributed by atoms with Gasteiger partial charge >= 0.3 is 0 Å². The third-order valence-corrected chi connectivity index (χ3v) is 5.43. The molecule has 8 heteroatoms. The Morgan fingerprint density at radius 3 is 2.44 bits per heavy atom. The zero-order valence-electron chi connectivity index (χ0n) is 14.5. The molecule has 0 amide bonds. The van der Waals surface area contributed by atoms with Crippen LogP contribution in [-0.2, 0) is 12.3 Å². The molecule has 6 nitrogen and oxygen atoms in total. The van der Waals surface area contributed by atoms with Crippen molar-refractivity contribution >= 4 is 27.7 Å². The van der Waals surface area contributed by atoms with Crippen LogP contribution in [0.15, 0.2) is 68.6 Å². The maximum atomic E-state index is 5.78. The van der Waals surface area contributed by atoms with Crippen LogP contribution in [0.5, 0.6) is 0 Å². The van der Waals surface area contributed by atoms with Gasteiger partial charge < -0.3 is 8.98 Å². The molecule has 2 aromatic heterocycles. The lowest BCUT2D eigenvalue weighted by molar-refractivity contribution is 0.528. The predicted octanol–water partition coefficient (Wildman–Crippen LogP) is 5.07. The summed E-state index contributed by atoms with van der Waals surface area (Å²) < 4.78 is 8.88. The number of aromatic nitrogens is 5. The van der Waals surface area contributed by atoms with Gasteiger partial charge in [-0.25, -0.2) is 0 Å². The smallest absolute Gasteiger partial charge is 0.247 e. The molecular formula is C19H16BrN5OS. The second-order valence-corrected chi connectivity index (χ2v) is 7.57. The van der Waals surface area contributed by atoms with Crippen LogP contribution in [0, 0.1) is 0 Å². The number of rotatable bonds is 6. The molecule has 0 bridgehead atoms. The highest BCUT2D eigenvalue weighted by Crippen LogP contribution is 2.27. The first-order valence-corrected chi connectivity index (χ1v) is 10.2. The van der Waals surface area contributed by atoms with Crippen molar-refractivity contribution in [2.24, 2.45) is 0 Å². The van der Waals surface area contributed by atoms with Gasteiger partial charge in [-0.2, -0.15) is 0 Å². The van der Waals surface area contributed by atoms with E-state index in [1.54, 1.807) is 0 Å². The number of benzene rings is 2. The highest BCUT2D eigenvalue weighted by Gasteiger charge is 2.15. The minimum atomic E-state index is 0.514. The standard InChI is InChI=1S/C19H16BrN5OS/c1-2-25-17(13-6-4-3-5-7-13)22-24-19(25)27-12-16-21-23-18(26-16)14-8-10-15(20)11-9-14/h3-11H,2,12H2,1H3. The van der Waals surface area contributed by atoms with Crippen molar-refractivity contribution in [2.75, 3.05) is 0 Å². The zero-order valence-corrected chi connectivity index (χ0v) is 16.9. The van der Waals surface area contributed by atoms with Gasteiger partial charge in [-0.05, 0) is 31.2 Å². The average molecular weight is 442 g/mol. The first-order valence-electron chi connectivity index (χ1n) is 8.44. The summed E-state index contributed by atoms with van der Waals surface area (Å²) >= 11 is 4.96. The second kappa shape index (κ2) is 8.06. The molecule has 0 saturated heterocycles. The molecular weight excluding hydrogens is 426 g/mol. The summed E-state index contributed by atoms with van der Waals surface area (Å²) in [4.78, 5) is 0. The van der Waals surface area contributed by atoms with Crippen LogP contribution in [0.4, 0.5) is 0 Å². The van der Waals surface area contributed by atoms with Gasteiger partial charge in [0.15, 0.2) is 11.0 Å². The van der Waals surface area contributed by atoms with Gasteiger partial charge in [0.05, 0.1) is 5.75 Å². The van der Waals surface area contributed by atoms with Crippen LogP contribution in [0.25, 0.3) is 22.8 Å². The van der Waals surface area contributed by atoms with Gasteiger partial charge in [-0.15, -0.1) is 20.4 Å². The number of hydrogen-bond acceptors (Lipinski definition) is 6. The third kappa shape index (κ3) is 3.96. The van der Waals surface area contributed by atoms with Crippen LogP contribution in [0.3, 0.4) is 0 Å². The van der Waals surface area contributed by atoms with Crippen molar-refractivity contribution in [1.82, 2.24) is 25.0 Å². The minimum Gasteiger partial charge on any atom is -0.420 e. The normalized spacial score (nSPS) is 11.0. The molecule has 0 N–H and O–H groups in total. The van der Waals surface area contributed by atoms with E-state index in [-0.39, 0.29) is 0 Å². The molecule has 0 saturated carbocycles. The lowest BCUT2D eigenvalue weighted by Gasteiger charge is -2.06. The van der Waals surface area contributed by atoms with Crippen LogP contribution in [-0.4, -0.2) is 25.0 Å². The molecule has 0 aliphatic rings. The van der Waals surface area contributed by atoms with Crippen LogP contribution in [0.1, 0.15) is 12.8 Å². The van der Waals surface area contributed by atoms with E-state index in [4.69, 9.17) is 4.42 Å². The van der Waals surface area contributed by atoms with Crippen LogP contribution < -0.4 is 0 Å². The van der Waals surface area contributed by atoms with E-state index < -0.39 is 0 Å². The molecule has 27 heavy (non-hydrogen) atoms. The van der Waals surface area contributed by atoms with Gasteiger partial charge in [0.25, 0.3) is 0 Å². The minimum absolute atomic E-state index is 0.514. The summed E-state index contributed by atoms with van der Waals surface area (Å²) in [6.07, 6.45) is 0. The third-order valence-electron chi connectivity index (χ3n) is 3.95. The highest BCUT2D eigenvalue weighted by atomic mass is 79.9. The Balaban J connectivity index is 1.50. The van der Waals surface area contributed by atoms with E-state index in [1.165, 1.54) is 11.8 Å². The average Bonchev–Trinajstić information content (AvgIpc) is 3.34. The van der Waals surface area contributed by atoms with E-state index in [2.05, 4.69) is 47.8 Å². The van der Waals surface area contributed by atoms with Crippen molar-refractivity contribution in [3.63, 3.8) is 0 Å². The number of hydrogen-bond donors (Lipinski definition) is 0. The first-order chi connectivity index (χ1) is 13.2. The summed E-state index contributed by atoms with van der Waals surface area (Å²) in [6, 6.07) is 17.8. The molecule has 0 spiro atoms. The molecule has 136 valence electrons. The largest absolute Gasteiger partial charge is 0.420 e. The predicted molar refractivity (Wildman–Crippen MR) is 108 cm³/mol. The summed E-state index contributed by atoms with van der Waals surface area (Å²) in [7, 11) is 0. The fourth-order valence-corrected chi connectivity index (χ4v) is 3.73. The molecule has 0 unspecified atom stereocenters. The van der Waals surface area contributed by atoms with Gasteiger partial charge in [-0.3, -0.25) is 0 Å². The molecule has 4 aromatic rings. The molecule has 0 fully saturated rings. The Hall–Kier alpha value is -2.45. The Morgan fingerprint density at radius 1 is 0.926 bits per heavy atom. The fraction of sp³-hybridized carbons (Fsp3) is 0.158. The maximum Gasteiger partial charge on any atom is 0.247 e. The molecule has 2 aromatic carbocycles. The quantitative estimate of drug-likeness (QED) is 0.389. The Labute approximate surface area is 169 Å². The van der Waals surface area contributed by atoms with E-state index >= 15 is 0 Å². The number of halogens is 1. The molecule has 0 atom stereocenters. The summed E-state index contributed by atoms with van der Waals surface area (Å²) in [5, 5.41) is 17.8. The first kappa shape index (κ1) is 17.9. The van der Waals surface area contributed by atoms with E-state index in [0.717, 1.165) is 33.1 Å². The summed E-state index contributed by atoms with van der Waals surface area (Å²) in [5.74, 6) is 2.47. The molecule has 2 heterocycles. The van der Waals surface area contributed by atoms with Crippen molar-refractivity contribution in [3.05, 3.63) is 65.0 Å². The lowest BCUT2D eigenvalue weighted by atomic mass is 10.2. The van der Waals surface area contributed by atoms with E-state index in [0.29, 0.717) is 17.5 Å². The van der Waals surface area contributed by atoms with Gasteiger partial charge in [0.1, 0.15) is 0 Å². The summed E-state index contributed by atoms with van der Waals surface area (Å²) in [6.45, 7) is 2.87. The van der Waals surface area contributed by atoms with E-state index in [1.807, 2.05) is 54.6 Å². The number of thioether (sulfide) groups is 1. The molecule has 4 rings (SSSR count). The Morgan fingerprint density at radius 2 is 1.70 bits per heavy atom. The monoisotopic (exact) mass is 441 g/mol. The lowest BCUT2D eigenvalue weighted by Crippen LogP contribution is -1.99. The molecule has 0 aliphatic heterocycles. The van der Waals surface area contributed by atoms with Gasteiger partial charge in [0.2, 0.25) is 11.8 Å². The Bertz CT molecular complexity index is 1030. The van der Waals surface area contributed by atoms with Crippen molar-refractivity contribution in [2.45, 2.75) is 24.4 Å². The van der Waals surface area contributed by atoms with Crippen molar-refractivity contribution in [1.29, 1.82) is 0 Å². The summed E-state index contributed by atoms with van der Waals surface area (Å²) in [5.41, 5.74) is 1.94. The fourth-order valence-electron chi connectivity index (χ4n) is 2.63. The SMILES string of the molecule is CCn1c(SCc2nnc(-c3ccc(Br)cc3)o2)nnc1-c1ccccc1. The molecule has 0 radical (unpaired) electrons. The second-order valence-electron chi connectivity index (χ2n) is 5.71. The van der Waals surface area contributed by atoms with Gasteiger partial charge in [0, 0.05) is 22.1 Å². The highest BCUT2D eigenvalue weighted by molar-refractivity contribution is 9.10. The maximum absolute atomic E-state index is 5.78. The molecule has 0 aliphatic carbocycles. The number of nitrogens with zero attached hydrogens (tertiary/aromatic N) is 5. The zero-order chi connectivity index (χ0) is 18.6. The topological polar surface area (TPSA) is 69.6 Å². The van der Waals surface area contributed by atoms with Gasteiger partial charge in [-0.1, -0.05) is 58.0 Å². The van der Waals surface area contributed by atoms with Crippen LogP contribution in [0.2, 0.25) is 0 Å². The van der Waals surface area contributed by atoms with Crippen LogP contribution >= 0.6 is 27.7 Å².